The second-order valence-electron chi connectivity index (χ2n) is 9.43. The quantitative estimate of drug-likeness (QED) is 0.722. The summed E-state index contributed by atoms with van der Waals surface area (Å²) in [5.41, 5.74) is 1.77. The first kappa shape index (κ1) is 19.4. The second kappa shape index (κ2) is 6.98. The molecule has 3 heterocycles. The van der Waals surface area contributed by atoms with Gasteiger partial charge in [0.15, 0.2) is 10.7 Å². The predicted molar refractivity (Wildman–Crippen MR) is 114 cm³/mol. The molecule has 0 aromatic carbocycles. The van der Waals surface area contributed by atoms with Gasteiger partial charge in [-0.15, -0.1) is 11.3 Å². The molecular weight excluding hydrogens is 408 g/mol. The second-order valence-corrected chi connectivity index (χ2v) is 10.9. The van der Waals surface area contributed by atoms with Crippen LogP contribution < -0.4 is 0 Å². The number of piperazine rings is 1. The topological polar surface area (TPSA) is 57.9 Å². The Labute approximate surface area is 179 Å². The van der Waals surface area contributed by atoms with Gasteiger partial charge in [-0.2, -0.15) is 0 Å². The van der Waals surface area contributed by atoms with E-state index in [1.165, 1.54) is 23.4 Å². The minimum Gasteiger partial charge on any atom is -0.336 e. The number of aryl methyl sites for hydroxylation is 1. The summed E-state index contributed by atoms with van der Waals surface area (Å²) < 4.78 is 1.96. The number of nitrogens with zero attached hydrogens (tertiary/aromatic N) is 4. The molecule has 2 fully saturated rings. The zero-order valence-corrected chi connectivity index (χ0v) is 18.6. The highest BCUT2D eigenvalue weighted by molar-refractivity contribution is 7.17. The maximum atomic E-state index is 13.1. The SMILES string of the molecule is CC1(C)CCc2c(sc3nc(C(=O)N4CCN(C5CCCC5)C(=O)C4)c(Cl)n23)C1. The molecule has 0 spiro atoms. The van der Waals surface area contributed by atoms with Gasteiger partial charge < -0.3 is 9.80 Å². The summed E-state index contributed by atoms with van der Waals surface area (Å²) in [6, 6.07) is 0.358. The average Bonchev–Trinajstić information content (AvgIpc) is 3.37. The third-order valence-electron chi connectivity index (χ3n) is 6.79. The molecule has 2 aromatic heterocycles. The number of hydrogen-bond donors (Lipinski definition) is 0. The summed E-state index contributed by atoms with van der Waals surface area (Å²) >= 11 is 8.29. The van der Waals surface area contributed by atoms with Gasteiger partial charge in [-0.05, 0) is 37.5 Å². The number of halogens is 1. The van der Waals surface area contributed by atoms with E-state index in [0.29, 0.717) is 29.7 Å². The normalized spacial score (nSPS) is 22.5. The average molecular weight is 435 g/mol. The fourth-order valence-electron chi connectivity index (χ4n) is 5.09. The van der Waals surface area contributed by atoms with Crippen LogP contribution in [0.15, 0.2) is 0 Å². The Kier molecular flexibility index (Phi) is 4.66. The van der Waals surface area contributed by atoms with E-state index in [1.54, 1.807) is 16.2 Å². The molecule has 156 valence electrons. The first-order valence-corrected chi connectivity index (χ1v) is 11.8. The van der Waals surface area contributed by atoms with Crippen molar-refractivity contribution in [1.82, 2.24) is 19.2 Å². The van der Waals surface area contributed by atoms with Crippen molar-refractivity contribution < 1.29 is 9.59 Å². The number of imidazole rings is 1. The van der Waals surface area contributed by atoms with Crippen LogP contribution in [-0.2, 0) is 17.6 Å². The summed E-state index contributed by atoms with van der Waals surface area (Å²) in [6.45, 7) is 5.87. The Morgan fingerprint density at radius 1 is 1.24 bits per heavy atom. The van der Waals surface area contributed by atoms with Crippen LogP contribution >= 0.6 is 22.9 Å². The maximum Gasteiger partial charge on any atom is 0.276 e. The minimum atomic E-state index is -0.227. The van der Waals surface area contributed by atoms with Crippen molar-refractivity contribution in [3.05, 3.63) is 21.4 Å². The van der Waals surface area contributed by atoms with Crippen molar-refractivity contribution in [2.45, 2.75) is 64.8 Å². The van der Waals surface area contributed by atoms with E-state index in [4.69, 9.17) is 11.6 Å². The first-order valence-electron chi connectivity index (χ1n) is 10.6. The molecule has 29 heavy (non-hydrogen) atoms. The zero-order chi connectivity index (χ0) is 20.3. The molecule has 1 saturated carbocycles. The van der Waals surface area contributed by atoms with Gasteiger partial charge in [0.1, 0.15) is 11.7 Å². The van der Waals surface area contributed by atoms with Gasteiger partial charge in [0.2, 0.25) is 5.91 Å². The van der Waals surface area contributed by atoms with Gasteiger partial charge >= 0.3 is 0 Å². The van der Waals surface area contributed by atoms with Gasteiger partial charge in [0.05, 0.1) is 0 Å². The van der Waals surface area contributed by atoms with Gasteiger partial charge in [0.25, 0.3) is 5.91 Å². The van der Waals surface area contributed by atoms with Crippen molar-refractivity contribution in [2.24, 2.45) is 5.41 Å². The summed E-state index contributed by atoms with van der Waals surface area (Å²) in [6.07, 6.45) is 7.63. The fraction of sp³-hybridized carbons (Fsp3) is 0.667. The molecule has 3 aliphatic rings. The van der Waals surface area contributed by atoms with Crippen LogP contribution in [-0.4, -0.2) is 56.7 Å². The molecule has 0 atom stereocenters. The summed E-state index contributed by atoms with van der Waals surface area (Å²) in [5, 5.41) is 0.396. The molecule has 6 nitrogen and oxygen atoms in total. The Morgan fingerprint density at radius 2 is 2.00 bits per heavy atom. The number of hydrogen-bond acceptors (Lipinski definition) is 4. The fourth-order valence-corrected chi connectivity index (χ4v) is 6.87. The molecule has 0 radical (unpaired) electrons. The van der Waals surface area contributed by atoms with Crippen molar-refractivity contribution >= 4 is 39.7 Å². The van der Waals surface area contributed by atoms with Crippen LogP contribution in [0.5, 0.6) is 0 Å². The van der Waals surface area contributed by atoms with Crippen molar-refractivity contribution in [3.63, 3.8) is 0 Å². The summed E-state index contributed by atoms with van der Waals surface area (Å²) in [7, 11) is 0. The van der Waals surface area contributed by atoms with Gasteiger partial charge in [-0.1, -0.05) is 38.3 Å². The predicted octanol–water partition coefficient (Wildman–Crippen LogP) is 3.79. The molecule has 0 N–H and O–H groups in total. The summed E-state index contributed by atoms with van der Waals surface area (Å²) in [4.78, 5) is 36.1. The number of fused-ring (bicyclic) bond motifs is 3. The maximum absolute atomic E-state index is 13.1. The van der Waals surface area contributed by atoms with Crippen molar-refractivity contribution in [2.75, 3.05) is 19.6 Å². The van der Waals surface area contributed by atoms with Crippen LogP contribution in [0, 0.1) is 5.41 Å². The highest BCUT2D eigenvalue weighted by Crippen LogP contribution is 2.40. The molecule has 0 unspecified atom stereocenters. The van der Waals surface area contributed by atoms with Crippen LogP contribution in [0.25, 0.3) is 4.96 Å². The third-order valence-corrected chi connectivity index (χ3v) is 8.22. The van der Waals surface area contributed by atoms with Crippen molar-refractivity contribution in [3.8, 4) is 0 Å². The molecule has 0 bridgehead atoms. The third kappa shape index (κ3) is 3.26. The highest BCUT2D eigenvalue weighted by atomic mass is 35.5. The van der Waals surface area contributed by atoms with E-state index in [9.17, 15) is 9.59 Å². The largest absolute Gasteiger partial charge is 0.336 e. The van der Waals surface area contributed by atoms with Crippen LogP contribution in [0.4, 0.5) is 0 Å². The lowest BCUT2D eigenvalue weighted by Gasteiger charge is -2.37. The molecular formula is C21H27ClN4O2S. The number of carbonyl (C=O) groups excluding carboxylic acids is 2. The minimum absolute atomic E-state index is 0.0493. The number of rotatable bonds is 2. The monoisotopic (exact) mass is 434 g/mol. The van der Waals surface area contributed by atoms with E-state index in [0.717, 1.165) is 37.1 Å². The zero-order valence-electron chi connectivity index (χ0n) is 17.0. The molecule has 2 aromatic rings. The summed E-state index contributed by atoms with van der Waals surface area (Å²) in [5.74, 6) is -0.177. The lowest BCUT2D eigenvalue weighted by atomic mass is 9.79. The standard InChI is InChI=1S/C21H27ClN4O2S/c1-21(2)8-7-14-15(11-21)29-20-23-17(18(22)26(14)20)19(28)24-9-10-25(16(27)12-24)13-5-3-4-6-13/h13H,3-12H2,1-2H3. The van der Waals surface area contributed by atoms with E-state index in [2.05, 4.69) is 18.8 Å². The number of amides is 2. The Balaban J connectivity index is 1.37. The highest BCUT2D eigenvalue weighted by Gasteiger charge is 2.36. The Morgan fingerprint density at radius 3 is 2.72 bits per heavy atom. The number of carbonyl (C=O) groups is 2. The number of thiazole rings is 1. The molecule has 2 aliphatic carbocycles. The molecule has 8 heteroatoms. The van der Waals surface area contributed by atoms with Gasteiger partial charge in [-0.3, -0.25) is 14.0 Å². The lowest BCUT2D eigenvalue weighted by molar-refractivity contribution is -0.137. The van der Waals surface area contributed by atoms with E-state index in [-0.39, 0.29) is 24.1 Å². The van der Waals surface area contributed by atoms with E-state index >= 15 is 0 Å². The van der Waals surface area contributed by atoms with E-state index < -0.39 is 0 Å². The molecule has 2 amide bonds. The molecule has 1 aliphatic heterocycles. The van der Waals surface area contributed by atoms with Crippen LogP contribution in [0.1, 0.15) is 67.0 Å². The van der Waals surface area contributed by atoms with Crippen LogP contribution in [0.2, 0.25) is 5.15 Å². The van der Waals surface area contributed by atoms with Crippen LogP contribution in [0.3, 0.4) is 0 Å². The molecule has 5 rings (SSSR count). The first-order chi connectivity index (χ1) is 13.8. The Bertz CT molecular complexity index is 989. The lowest BCUT2D eigenvalue weighted by Crippen LogP contribution is -2.55. The van der Waals surface area contributed by atoms with E-state index in [1.807, 2.05) is 9.30 Å². The van der Waals surface area contributed by atoms with Crippen molar-refractivity contribution in [1.29, 1.82) is 0 Å². The van der Waals surface area contributed by atoms with Gasteiger partial charge in [0, 0.05) is 29.7 Å². The molecule has 1 saturated heterocycles. The number of aromatic nitrogens is 2. The Hall–Kier alpha value is -1.60. The van der Waals surface area contributed by atoms with Gasteiger partial charge in [-0.25, -0.2) is 4.98 Å². The smallest absolute Gasteiger partial charge is 0.276 e.